The molecule has 0 bridgehead atoms. The maximum atomic E-state index is 12.9. The van der Waals surface area contributed by atoms with Gasteiger partial charge in [0.05, 0.1) is 19.3 Å². The van der Waals surface area contributed by atoms with E-state index < -0.39 is 0 Å². The summed E-state index contributed by atoms with van der Waals surface area (Å²) in [5.74, 6) is 0.0728. The summed E-state index contributed by atoms with van der Waals surface area (Å²) in [6.45, 7) is 1.58. The minimum Gasteiger partial charge on any atom is -0.384 e. The summed E-state index contributed by atoms with van der Waals surface area (Å²) in [7, 11) is 1.61. The summed E-state index contributed by atoms with van der Waals surface area (Å²) < 4.78 is 5.52. The summed E-state index contributed by atoms with van der Waals surface area (Å²) in [5.41, 5.74) is 7.58. The van der Waals surface area contributed by atoms with E-state index >= 15 is 0 Å². The van der Waals surface area contributed by atoms with E-state index in [4.69, 9.17) is 22.1 Å². The third kappa shape index (κ3) is 5.13. The Morgan fingerprint density at radius 1 is 1.14 bits per heavy atom. The molecule has 2 aromatic carbocycles. The first-order valence-corrected chi connectivity index (χ1v) is 9.62. The number of nitrogens with zero attached hydrogens (tertiary/aromatic N) is 2. The molecule has 1 saturated heterocycles. The van der Waals surface area contributed by atoms with E-state index in [1.54, 1.807) is 60.5 Å². The maximum absolute atomic E-state index is 12.9. The fraction of sp³-hybridized carbons (Fsp3) is 0.286. The maximum Gasteiger partial charge on any atom is 0.254 e. The lowest BCUT2D eigenvalue weighted by atomic mass is 10.1. The number of benzene rings is 2. The van der Waals surface area contributed by atoms with Crippen molar-refractivity contribution in [3.63, 3.8) is 0 Å². The molecule has 0 spiro atoms. The fourth-order valence-corrected chi connectivity index (χ4v) is 3.21. The van der Waals surface area contributed by atoms with Crippen molar-refractivity contribution in [2.24, 2.45) is 10.7 Å². The van der Waals surface area contributed by atoms with E-state index in [-0.39, 0.29) is 17.9 Å². The largest absolute Gasteiger partial charge is 0.384 e. The molecule has 3 rings (SSSR count). The van der Waals surface area contributed by atoms with Gasteiger partial charge in [-0.2, -0.15) is 0 Å². The lowest BCUT2D eigenvalue weighted by Crippen LogP contribution is -2.53. The van der Waals surface area contributed by atoms with Crippen molar-refractivity contribution in [1.82, 2.24) is 10.2 Å². The zero-order chi connectivity index (χ0) is 20.8. The number of carbonyl (C=O) groups is 2. The standard InChI is InChI=1S/C21H23ClN4O3/c1-24-19(23)14-2-4-15(5-3-14)20(27)25-12-18-13-29-11-10-26(18)21(28)16-6-8-17(22)9-7-16/h2-9,18H,10-13H2,1H3,(H2,23,24)(H,25,27). The molecule has 29 heavy (non-hydrogen) atoms. The Balaban J connectivity index is 1.63. The van der Waals surface area contributed by atoms with Gasteiger partial charge in [-0.05, 0) is 36.4 Å². The quantitative estimate of drug-likeness (QED) is 0.577. The van der Waals surface area contributed by atoms with E-state index in [9.17, 15) is 9.59 Å². The fourth-order valence-electron chi connectivity index (χ4n) is 3.08. The monoisotopic (exact) mass is 414 g/mol. The molecule has 7 nitrogen and oxygen atoms in total. The lowest BCUT2D eigenvalue weighted by Gasteiger charge is -2.35. The summed E-state index contributed by atoms with van der Waals surface area (Å²) in [5, 5.41) is 3.46. The number of amides is 2. The van der Waals surface area contributed by atoms with Gasteiger partial charge in [-0.1, -0.05) is 23.7 Å². The first-order chi connectivity index (χ1) is 14.0. The number of nitrogens with one attached hydrogen (secondary N) is 1. The van der Waals surface area contributed by atoms with Gasteiger partial charge in [-0.25, -0.2) is 0 Å². The van der Waals surface area contributed by atoms with E-state index in [0.717, 1.165) is 5.56 Å². The normalized spacial score (nSPS) is 17.1. The Morgan fingerprint density at radius 3 is 2.41 bits per heavy atom. The van der Waals surface area contributed by atoms with Crippen LogP contribution >= 0.6 is 11.6 Å². The van der Waals surface area contributed by atoms with Crippen molar-refractivity contribution < 1.29 is 14.3 Å². The van der Waals surface area contributed by atoms with Gasteiger partial charge >= 0.3 is 0 Å². The van der Waals surface area contributed by atoms with Gasteiger partial charge in [0.25, 0.3) is 11.8 Å². The van der Waals surface area contributed by atoms with Gasteiger partial charge in [0.2, 0.25) is 0 Å². The highest BCUT2D eigenvalue weighted by Crippen LogP contribution is 2.15. The Kier molecular flexibility index (Phi) is 6.85. The predicted octanol–water partition coefficient (Wildman–Crippen LogP) is 1.95. The number of carbonyl (C=O) groups excluding carboxylic acids is 2. The van der Waals surface area contributed by atoms with Crippen LogP contribution in [-0.4, -0.2) is 61.9 Å². The highest BCUT2D eigenvalue weighted by atomic mass is 35.5. The van der Waals surface area contributed by atoms with E-state index in [2.05, 4.69) is 10.3 Å². The van der Waals surface area contributed by atoms with Gasteiger partial charge in [-0.15, -0.1) is 0 Å². The van der Waals surface area contributed by atoms with Crippen molar-refractivity contribution >= 4 is 29.3 Å². The average Bonchev–Trinajstić information content (AvgIpc) is 2.77. The molecule has 1 atom stereocenters. The zero-order valence-corrected chi connectivity index (χ0v) is 16.9. The van der Waals surface area contributed by atoms with Crippen molar-refractivity contribution in [3.05, 3.63) is 70.2 Å². The number of aliphatic imine (C=N–C) groups is 1. The van der Waals surface area contributed by atoms with Gasteiger partial charge in [0, 0.05) is 41.9 Å². The molecule has 0 radical (unpaired) electrons. The number of hydrogen-bond donors (Lipinski definition) is 2. The Morgan fingerprint density at radius 2 is 1.76 bits per heavy atom. The minimum atomic E-state index is -0.252. The molecule has 0 aromatic heterocycles. The van der Waals surface area contributed by atoms with Crippen LogP contribution in [0.4, 0.5) is 0 Å². The topological polar surface area (TPSA) is 97.0 Å². The predicted molar refractivity (Wildman–Crippen MR) is 113 cm³/mol. The molecule has 1 fully saturated rings. The number of rotatable bonds is 5. The van der Waals surface area contributed by atoms with Crippen LogP contribution in [0.15, 0.2) is 53.5 Å². The van der Waals surface area contributed by atoms with Gasteiger partial charge in [0.1, 0.15) is 5.84 Å². The smallest absolute Gasteiger partial charge is 0.254 e. The van der Waals surface area contributed by atoms with E-state index in [1.807, 2.05) is 0 Å². The van der Waals surface area contributed by atoms with Crippen LogP contribution in [0, 0.1) is 0 Å². The second-order valence-electron chi connectivity index (χ2n) is 6.63. The number of amidine groups is 1. The second-order valence-corrected chi connectivity index (χ2v) is 7.07. The van der Waals surface area contributed by atoms with E-state index in [1.165, 1.54) is 0 Å². The third-order valence-electron chi connectivity index (χ3n) is 4.76. The summed E-state index contributed by atoms with van der Waals surface area (Å²) in [4.78, 5) is 31.0. The lowest BCUT2D eigenvalue weighted by molar-refractivity contribution is -0.00129. The molecular formula is C21H23ClN4O3. The highest BCUT2D eigenvalue weighted by Gasteiger charge is 2.28. The number of nitrogens with two attached hydrogens (primary N) is 1. The van der Waals surface area contributed by atoms with Crippen molar-refractivity contribution in [1.29, 1.82) is 0 Å². The molecule has 2 amide bonds. The molecule has 3 N–H and O–H groups in total. The van der Waals surface area contributed by atoms with Crippen LogP contribution in [0.2, 0.25) is 5.02 Å². The summed E-state index contributed by atoms with van der Waals surface area (Å²) >= 11 is 5.90. The third-order valence-corrected chi connectivity index (χ3v) is 5.01. The van der Waals surface area contributed by atoms with Crippen LogP contribution < -0.4 is 11.1 Å². The summed E-state index contributed by atoms with van der Waals surface area (Å²) in [6, 6.07) is 13.4. The Labute approximate surface area is 174 Å². The molecule has 152 valence electrons. The van der Waals surface area contributed by atoms with Crippen molar-refractivity contribution in [2.75, 3.05) is 33.4 Å². The van der Waals surface area contributed by atoms with Crippen LogP contribution in [0.5, 0.6) is 0 Å². The van der Waals surface area contributed by atoms with Gasteiger partial charge in [-0.3, -0.25) is 14.6 Å². The molecule has 0 aliphatic carbocycles. The van der Waals surface area contributed by atoms with Crippen molar-refractivity contribution in [2.45, 2.75) is 6.04 Å². The molecule has 1 aliphatic heterocycles. The SMILES string of the molecule is C/N=C(\N)c1ccc(C(=O)NCC2COCCN2C(=O)c2ccc(Cl)cc2)cc1. The minimum absolute atomic E-state index is 0.108. The molecule has 1 unspecified atom stereocenters. The van der Waals surface area contributed by atoms with Gasteiger partial charge < -0.3 is 20.7 Å². The second kappa shape index (κ2) is 9.54. The van der Waals surface area contributed by atoms with E-state index in [0.29, 0.717) is 48.3 Å². The zero-order valence-electron chi connectivity index (χ0n) is 16.1. The first kappa shape index (κ1) is 20.8. The molecule has 0 saturated carbocycles. The summed E-state index contributed by atoms with van der Waals surface area (Å²) in [6.07, 6.45) is 0. The Hall–Kier alpha value is -2.90. The highest BCUT2D eigenvalue weighted by molar-refractivity contribution is 6.30. The molecule has 2 aromatic rings. The molecule has 1 heterocycles. The number of morpholine rings is 1. The average molecular weight is 415 g/mol. The van der Waals surface area contributed by atoms with Crippen molar-refractivity contribution in [3.8, 4) is 0 Å². The number of halogens is 1. The van der Waals surface area contributed by atoms with Gasteiger partial charge in [0.15, 0.2) is 0 Å². The first-order valence-electron chi connectivity index (χ1n) is 9.24. The van der Waals surface area contributed by atoms with Crippen LogP contribution in [-0.2, 0) is 4.74 Å². The Bertz CT molecular complexity index is 897. The molecular weight excluding hydrogens is 392 g/mol. The van der Waals surface area contributed by atoms with Crippen LogP contribution in [0.1, 0.15) is 26.3 Å². The molecule has 1 aliphatic rings. The number of ether oxygens (including phenoxy) is 1. The van der Waals surface area contributed by atoms with Crippen LogP contribution in [0.25, 0.3) is 0 Å². The number of hydrogen-bond acceptors (Lipinski definition) is 4. The molecule has 8 heteroatoms. The van der Waals surface area contributed by atoms with Crippen LogP contribution in [0.3, 0.4) is 0 Å².